The van der Waals surface area contributed by atoms with Gasteiger partial charge in [-0.3, -0.25) is 4.79 Å². The van der Waals surface area contributed by atoms with Crippen molar-refractivity contribution in [3.63, 3.8) is 0 Å². The van der Waals surface area contributed by atoms with E-state index in [-0.39, 0.29) is 11.6 Å². The lowest BCUT2D eigenvalue weighted by molar-refractivity contribution is 0.443. The maximum atomic E-state index is 11.8. The molecule has 1 saturated carbocycles. The highest BCUT2D eigenvalue weighted by Gasteiger charge is 2.19. The van der Waals surface area contributed by atoms with Gasteiger partial charge in [0.2, 0.25) is 0 Å². The topological polar surface area (TPSA) is 48.0 Å². The fraction of sp³-hybridized carbons (Fsp3) is 0.385. The van der Waals surface area contributed by atoms with E-state index in [4.69, 9.17) is 4.42 Å². The van der Waals surface area contributed by atoms with Gasteiger partial charge in [0.15, 0.2) is 5.76 Å². The van der Waals surface area contributed by atoms with Gasteiger partial charge in [-0.15, -0.1) is 0 Å². The van der Waals surface area contributed by atoms with E-state index in [9.17, 15) is 4.79 Å². The molecule has 0 aromatic carbocycles. The average molecular weight is 230 g/mol. The van der Waals surface area contributed by atoms with Crippen molar-refractivity contribution in [3.8, 4) is 11.5 Å². The Bertz CT molecular complexity index is 551. The summed E-state index contributed by atoms with van der Waals surface area (Å²) in [6, 6.07) is 7.22. The molecule has 2 aromatic rings. The third-order valence-corrected chi connectivity index (χ3v) is 3.27. The van der Waals surface area contributed by atoms with Gasteiger partial charge in [0.25, 0.3) is 5.56 Å². The Morgan fingerprint density at radius 3 is 2.76 bits per heavy atom. The van der Waals surface area contributed by atoms with Crippen molar-refractivity contribution in [2.45, 2.75) is 31.7 Å². The van der Waals surface area contributed by atoms with Crippen LogP contribution < -0.4 is 5.56 Å². The number of hydrogen-bond acceptors (Lipinski definition) is 3. The molecule has 0 amide bonds. The minimum Gasteiger partial charge on any atom is -0.463 e. The maximum Gasteiger partial charge on any atom is 0.267 e. The highest BCUT2D eigenvalue weighted by Crippen LogP contribution is 2.28. The second-order valence-corrected chi connectivity index (χ2v) is 4.42. The van der Waals surface area contributed by atoms with E-state index in [0.29, 0.717) is 5.76 Å². The predicted octanol–water partition coefficient (Wildman–Crippen LogP) is 2.62. The first-order valence-corrected chi connectivity index (χ1v) is 5.98. The van der Waals surface area contributed by atoms with Crippen LogP contribution in [0.5, 0.6) is 0 Å². The lowest BCUT2D eigenvalue weighted by Gasteiger charge is -2.12. The molecule has 1 aliphatic carbocycles. The van der Waals surface area contributed by atoms with Gasteiger partial charge in [-0.2, -0.15) is 5.10 Å². The SMILES string of the molecule is O=c1ccc(-c2ccco2)nn1C1CCCC1. The first-order valence-electron chi connectivity index (χ1n) is 5.98. The number of nitrogens with zero attached hydrogens (tertiary/aromatic N) is 2. The van der Waals surface area contributed by atoms with E-state index in [0.717, 1.165) is 18.5 Å². The molecule has 0 spiro atoms. The van der Waals surface area contributed by atoms with Crippen LogP contribution in [0.1, 0.15) is 31.7 Å². The second kappa shape index (κ2) is 4.20. The van der Waals surface area contributed by atoms with Crippen molar-refractivity contribution in [1.29, 1.82) is 0 Å². The molecule has 88 valence electrons. The fourth-order valence-electron chi connectivity index (χ4n) is 2.39. The highest BCUT2D eigenvalue weighted by atomic mass is 16.3. The second-order valence-electron chi connectivity index (χ2n) is 4.42. The molecule has 0 N–H and O–H groups in total. The third-order valence-electron chi connectivity index (χ3n) is 3.27. The molecule has 0 radical (unpaired) electrons. The van der Waals surface area contributed by atoms with Crippen LogP contribution in [-0.2, 0) is 0 Å². The molecular weight excluding hydrogens is 216 g/mol. The summed E-state index contributed by atoms with van der Waals surface area (Å²) in [5.41, 5.74) is 0.703. The molecule has 3 rings (SSSR count). The van der Waals surface area contributed by atoms with Crippen molar-refractivity contribution >= 4 is 0 Å². The number of rotatable bonds is 2. The van der Waals surface area contributed by atoms with Gasteiger partial charge in [0.1, 0.15) is 5.69 Å². The van der Waals surface area contributed by atoms with E-state index in [1.54, 1.807) is 23.1 Å². The highest BCUT2D eigenvalue weighted by molar-refractivity contribution is 5.50. The number of furan rings is 1. The van der Waals surface area contributed by atoms with Gasteiger partial charge in [-0.1, -0.05) is 12.8 Å². The molecule has 0 aliphatic heterocycles. The summed E-state index contributed by atoms with van der Waals surface area (Å²) in [4.78, 5) is 11.8. The summed E-state index contributed by atoms with van der Waals surface area (Å²) in [6.45, 7) is 0. The molecule has 4 heteroatoms. The summed E-state index contributed by atoms with van der Waals surface area (Å²) in [5.74, 6) is 0.705. The first kappa shape index (κ1) is 10.3. The Kier molecular flexibility index (Phi) is 2.55. The maximum absolute atomic E-state index is 11.8. The lowest BCUT2D eigenvalue weighted by Crippen LogP contribution is -2.25. The Labute approximate surface area is 98.9 Å². The van der Waals surface area contributed by atoms with Gasteiger partial charge in [-0.05, 0) is 31.0 Å². The van der Waals surface area contributed by atoms with Crippen molar-refractivity contribution in [2.24, 2.45) is 0 Å². The molecule has 2 heterocycles. The number of aromatic nitrogens is 2. The minimum absolute atomic E-state index is 0.0211. The molecule has 0 saturated heterocycles. The van der Waals surface area contributed by atoms with Crippen LogP contribution in [0, 0.1) is 0 Å². The zero-order valence-electron chi connectivity index (χ0n) is 9.50. The number of hydrogen-bond donors (Lipinski definition) is 0. The Hall–Kier alpha value is -1.84. The Balaban J connectivity index is 2.03. The van der Waals surface area contributed by atoms with E-state index >= 15 is 0 Å². The van der Waals surface area contributed by atoms with Gasteiger partial charge >= 0.3 is 0 Å². The van der Waals surface area contributed by atoms with Gasteiger partial charge < -0.3 is 4.42 Å². The van der Waals surface area contributed by atoms with E-state index in [2.05, 4.69) is 5.10 Å². The average Bonchev–Trinajstić information content (AvgIpc) is 3.03. The van der Waals surface area contributed by atoms with Crippen molar-refractivity contribution in [1.82, 2.24) is 9.78 Å². The summed E-state index contributed by atoms with van der Waals surface area (Å²) in [7, 11) is 0. The predicted molar refractivity (Wildman–Crippen MR) is 63.7 cm³/mol. The summed E-state index contributed by atoms with van der Waals surface area (Å²) in [6.07, 6.45) is 6.08. The first-order chi connectivity index (χ1) is 8.34. The Morgan fingerprint density at radius 1 is 1.24 bits per heavy atom. The zero-order chi connectivity index (χ0) is 11.7. The molecule has 17 heavy (non-hydrogen) atoms. The molecular formula is C13H14N2O2. The van der Waals surface area contributed by atoms with Gasteiger partial charge in [-0.25, -0.2) is 4.68 Å². The third kappa shape index (κ3) is 1.90. The van der Waals surface area contributed by atoms with Gasteiger partial charge in [0, 0.05) is 6.07 Å². The van der Waals surface area contributed by atoms with E-state index in [1.165, 1.54) is 12.8 Å². The van der Waals surface area contributed by atoms with Crippen LogP contribution in [0.25, 0.3) is 11.5 Å². The largest absolute Gasteiger partial charge is 0.463 e. The lowest BCUT2D eigenvalue weighted by atomic mass is 10.2. The summed E-state index contributed by atoms with van der Waals surface area (Å²) >= 11 is 0. The molecule has 2 aromatic heterocycles. The van der Waals surface area contributed by atoms with E-state index in [1.807, 2.05) is 12.1 Å². The standard InChI is InChI=1S/C13H14N2O2/c16-13-8-7-11(12-6-3-9-17-12)14-15(13)10-4-1-2-5-10/h3,6-10H,1-2,4-5H2. The smallest absolute Gasteiger partial charge is 0.267 e. The van der Waals surface area contributed by atoms with Crippen molar-refractivity contribution < 1.29 is 4.42 Å². The van der Waals surface area contributed by atoms with Crippen LogP contribution in [0.15, 0.2) is 39.7 Å². The fourth-order valence-corrected chi connectivity index (χ4v) is 2.39. The van der Waals surface area contributed by atoms with E-state index < -0.39 is 0 Å². The van der Waals surface area contributed by atoms with Gasteiger partial charge in [0.05, 0.1) is 12.3 Å². The summed E-state index contributed by atoms with van der Waals surface area (Å²) in [5, 5.41) is 4.41. The zero-order valence-corrected chi connectivity index (χ0v) is 9.50. The summed E-state index contributed by atoms with van der Waals surface area (Å²) < 4.78 is 6.92. The van der Waals surface area contributed by atoms with Crippen LogP contribution in [0.4, 0.5) is 0 Å². The monoisotopic (exact) mass is 230 g/mol. The normalized spacial score (nSPS) is 16.5. The van der Waals surface area contributed by atoms with Crippen molar-refractivity contribution in [3.05, 3.63) is 40.9 Å². The van der Waals surface area contributed by atoms with Crippen LogP contribution in [-0.4, -0.2) is 9.78 Å². The molecule has 1 fully saturated rings. The van der Waals surface area contributed by atoms with Crippen LogP contribution in [0.3, 0.4) is 0 Å². The van der Waals surface area contributed by atoms with Crippen LogP contribution in [0.2, 0.25) is 0 Å². The molecule has 1 aliphatic rings. The molecule has 0 unspecified atom stereocenters. The van der Waals surface area contributed by atoms with Crippen molar-refractivity contribution in [2.75, 3.05) is 0 Å². The van der Waals surface area contributed by atoms with Crippen LogP contribution >= 0.6 is 0 Å². The quantitative estimate of drug-likeness (QED) is 0.796. The minimum atomic E-state index is -0.0211. The molecule has 0 bridgehead atoms. The molecule has 0 atom stereocenters. The molecule has 4 nitrogen and oxygen atoms in total. The Morgan fingerprint density at radius 2 is 2.06 bits per heavy atom.